The van der Waals surface area contributed by atoms with Crippen molar-refractivity contribution >= 4 is 17.5 Å². The average molecular weight is 545 g/mol. The van der Waals surface area contributed by atoms with Crippen LogP contribution in [0.3, 0.4) is 0 Å². The molecule has 0 radical (unpaired) electrons. The van der Waals surface area contributed by atoms with Gasteiger partial charge in [-0.3, -0.25) is 9.59 Å². The van der Waals surface area contributed by atoms with Crippen LogP contribution in [0.5, 0.6) is 5.75 Å². The third-order valence-corrected chi connectivity index (χ3v) is 7.78. The Labute approximate surface area is 227 Å². The van der Waals surface area contributed by atoms with Crippen LogP contribution in [-0.2, 0) is 16.6 Å². The molecule has 2 aromatic carbocycles. The predicted molar refractivity (Wildman–Crippen MR) is 139 cm³/mol. The number of rotatable bonds is 3. The van der Waals surface area contributed by atoms with Gasteiger partial charge in [-0.1, -0.05) is 26.0 Å². The average Bonchev–Trinajstić information content (AvgIpc) is 3.67. The number of benzene rings is 2. The van der Waals surface area contributed by atoms with Gasteiger partial charge in [-0.25, -0.2) is 14.4 Å². The summed E-state index contributed by atoms with van der Waals surface area (Å²) in [7, 11) is 0. The second-order valence-electron chi connectivity index (χ2n) is 10.6. The minimum Gasteiger partial charge on any atom is -0.469 e. The van der Waals surface area contributed by atoms with E-state index in [1.54, 1.807) is 12.1 Å². The van der Waals surface area contributed by atoms with Crippen molar-refractivity contribution in [2.75, 3.05) is 5.32 Å². The molecule has 40 heavy (non-hydrogen) atoms. The molecule has 7 rings (SSSR count). The summed E-state index contributed by atoms with van der Waals surface area (Å²) in [6.45, 7) is 3.81. The van der Waals surface area contributed by atoms with Gasteiger partial charge in [-0.05, 0) is 42.2 Å². The summed E-state index contributed by atoms with van der Waals surface area (Å²) < 4.78 is 33.5. The van der Waals surface area contributed by atoms with Crippen molar-refractivity contribution < 1.29 is 27.6 Å². The molecule has 204 valence electrons. The number of nitrogens with two attached hydrogens (primary N) is 2. The number of carbonyl (C=O) groups is 2. The number of halogens is 1. The normalized spacial score (nSPS) is 24.3. The number of nitrogens with zero attached hydrogens (tertiary/aromatic N) is 2. The highest BCUT2D eigenvalue weighted by Gasteiger charge is 2.61. The molecular weight excluding hydrogens is 519 g/mol. The van der Waals surface area contributed by atoms with Crippen LogP contribution >= 0.6 is 0 Å². The van der Waals surface area contributed by atoms with Gasteiger partial charge < -0.3 is 35.7 Å². The Morgan fingerprint density at radius 1 is 1.15 bits per heavy atom. The van der Waals surface area contributed by atoms with E-state index in [2.05, 4.69) is 15.6 Å². The van der Waals surface area contributed by atoms with E-state index in [4.69, 9.17) is 30.0 Å². The van der Waals surface area contributed by atoms with Crippen molar-refractivity contribution in [3.05, 3.63) is 82.5 Å². The molecule has 0 fully saturated rings. The van der Waals surface area contributed by atoms with Gasteiger partial charge in [-0.2, -0.15) is 0 Å². The second-order valence-corrected chi connectivity index (χ2v) is 10.6. The molecule has 4 atom stereocenters. The number of hydrogen-bond acceptors (Lipinski definition) is 9. The zero-order valence-electron chi connectivity index (χ0n) is 21.5. The summed E-state index contributed by atoms with van der Waals surface area (Å²) in [6, 6.07) is 8.45. The largest absolute Gasteiger partial charge is 0.469 e. The lowest BCUT2D eigenvalue weighted by Gasteiger charge is -2.28. The van der Waals surface area contributed by atoms with Crippen LogP contribution in [0.15, 0.2) is 51.5 Å². The van der Waals surface area contributed by atoms with Gasteiger partial charge in [0.1, 0.15) is 29.3 Å². The third kappa shape index (κ3) is 3.32. The lowest BCUT2D eigenvalue weighted by atomic mass is 9.72. The number of fused-ring (bicyclic) bond motifs is 4. The highest BCUT2D eigenvalue weighted by molar-refractivity contribution is 5.91. The number of anilines is 1. The minimum atomic E-state index is -1.24. The quantitative estimate of drug-likeness (QED) is 0.303. The van der Waals surface area contributed by atoms with E-state index in [9.17, 15) is 14.0 Å². The molecule has 3 aliphatic heterocycles. The monoisotopic (exact) mass is 544 g/mol. The summed E-state index contributed by atoms with van der Waals surface area (Å²) in [6.07, 6.45) is 0.649. The molecule has 0 saturated heterocycles. The van der Waals surface area contributed by atoms with E-state index in [1.165, 1.54) is 12.1 Å². The standard InChI is InChI=1S/C28H25FN6O5/c1-11(2)20-26-35-21(25-32-18(10-38-25)23(31)36)22(40-26)28-14-9-13(29)4-5-17(14)33-27(28)39-19-6-3-12(7-15(19)28)8-16(30)24(37)34-20/h3-7,9-11,16,20,27,33H,8,30H2,1-2H3,(H2,31,36)(H,34,37). The first-order valence-corrected chi connectivity index (χ1v) is 12.9. The van der Waals surface area contributed by atoms with E-state index in [1.807, 2.05) is 26.0 Å². The molecule has 4 bridgehead atoms. The van der Waals surface area contributed by atoms with Crippen molar-refractivity contribution in [1.82, 2.24) is 15.3 Å². The second kappa shape index (κ2) is 8.39. The van der Waals surface area contributed by atoms with Crippen LogP contribution in [-0.4, -0.2) is 34.1 Å². The molecule has 3 aliphatic rings. The first kappa shape index (κ1) is 24.3. The number of oxazole rings is 2. The van der Waals surface area contributed by atoms with Gasteiger partial charge in [0.2, 0.25) is 17.7 Å². The van der Waals surface area contributed by atoms with Crippen molar-refractivity contribution in [3.63, 3.8) is 0 Å². The Morgan fingerprint density at radius 2 is 1.98 bits per heavy atom. The van der Waals surface area contributed by atoms with Crippen LogP contribution in [0.25, 0.3) is 11.6 Å². The third-order valence-electron chi connectivity index (χ3n) is 7.78. The number of aromatic nitrogens is 2. The van der Waals surface area contributed by atoms with Crippen LogP contribution in [0.2, 0.25) is 0 Å². The molecule has 2 aromatic heterocycles. The molecule has 1 spiro atoms. The summed E-state index contributed by atoms with van der Waals surface area (Å²) >= 11 is 0. The van der Waals surface area contributed by atoms with Crippen LogP contribution in [0, 0.1) is 11.7 Å². The van der Waals surface area contributed by atoms with Gasteiger partial charge in [0.15, 0.2) is 23.4 Å². The molecule has 0 aliphatic carbocycles. The van der Waals surface area contributed by atoms with Crippen LogP contribution < -0.4 is 26.8 Å². The van der Waals surface area contributed by atoms with Crippen molar-refractivity contribution in [1.29, 1.82) is 0 Å². The molecule has 11 nitrogen and oxygen atoms in total. The number of hydrogen-bond donors (Lipinski definition) is 4. The first-order chi connectivity index (χ1) is 19.2. The summed E-state index contributed by atoms with van der Waals surface area (Å²) in [5.41, 5.74) is 13.3. The maximum atomic E-state index is 14.9. The molecule has 2 amide bonds. The number of primary amides is 1. The van der Waals surface area contributed by atoms with E-state index in [0.29, 0.717) is 22.6 Å². The molecule has 5 heterocycles. The number of amides is 2. The fraction of sp³-hybridized carbons (Fsp3) is 0.286. The molecule has 4 aromatic rings. The van der Waals surface area contributed by atoms with E-state index >= 15 is 0 Å². The van der Waals surface area contributed by atoms with E-state index < -0.39 is 35.5 Å². The maximum absolute atomic E-state index is 14.9. The highest BCUT2D eigenvalue weighted by atomic mass is 19.1. The number of nitrogens with one attached hydrogen (secondary N) is 2. The van der Waals surface area contributed by atoms with Gasteiger partial charge in [0.25, 0.3) is 5.91 Å². The summed E-state index contributed by atoms with van der Waals surface area (Å²) in [5, 5.41) is 6.33. The van der Waals surface area contributed by atoms with Gasteiger partial charge >= 0.3 is 0 Å². The zero-order valence-corrected chi connectivity index (χ0v) is 21.5. The fourth-order valence-electron chi connectivity index (χ4n) is 5.87. The van der Waals surface area contributed by atoms with E-state index in [-0.39, 0.29) is 47.2 Å². The Bertz CT molecular complexity index is 1710. The number of ether oxygens (including phenoxy) is 1. The Kier molecular flexibility index (Phi) is 5.11. The van der Waals surface area contributed by atoms with Crippen molar-refractivity contribution in [2.45, 2.75) is 44.0 Å². The smallest absolute Gasteiger partial charge is 0.270 e. The van der Waals surface area contributed by atoms with E-state index in [0.717, 1.165) is 11.8 Å². The first-order valence-electron chi connectivity index (χ1n) is 12.9. The fourth-order valence-corrected chi connectivity index (χ4v) is 5.87. The van der Waals surface area contributed by atoms with Crippen molar-refractivity contribution in [3.8, 4) is 17.3 Å². The maximum Gasteiger partial charge on any atom is 0.270 e. The van der Waals surface area contributed by atoms with Crippen LogP contribution in [0.4, 0.5) is 10.1 Å². The summed E-state index contributed by atoms with van der Waals surface area (Å²) in [4.78, 5) is 34.0. The lowest BCUT2D eigenvalue weighted by molar-refractivity contribution is -0.123. The zero-order chi connectivity index (χ0) is 27.9. The molecular formula is C28H25FN6O5. The highest BCUT2D eigenvalue weighted by Crippen LogP contribution is 2.59. The Morgan fingerprint density at radius 3 is 2.73 bits per heavy atom. The Balaban J connectivity index is 1.59. The Hall–Kier alpha value is -4.71. The SMILES string of the molecule is CC(C)C1NC(=O)C(N)Cc2ccc3c(c2)C2(c4cc(F)ccc4NC2O3)c2oc1nc2-c1nc(C(N)=O)co1. The molecule has 12 heteroatoms. The number of carbonyl (C=O) groups excluding carboxylic acids is 2. The van der Waals surface area contributed by atoms with Gasteiger partial charge in [0, 0.05) is 16.8 Å². The molecule has 4 unspecified atom stereocenters. The van der Waals surface area contributed by atoms with Gasteiger partial charge in [-0.15, -0.1) is 0 Å². The minimum absolute atomic E-state index is 0.0261. The van der Waals surface area contributed by atoms with Crippen LogP contribution in [0.1, 0.15) is 58.7 Å². The molecule has 0 saturated carbocycles. The molecule has 6 N–H and O–H groups in total. The lowest BCUT2D eigenvalue weighted by Crippen LogP contribution is -2.45. The topological polar surface area (TPSA) is 172 Å². The van der Waals surface area contributed by atoms with Gasteiger partial charge in [0.05, 0.1) is 6.04 Å². The summed E-state index contributed by atoms with van der Waals surface area (Å²) in [5.74, 6) is -0.816. The van der Waals surface area contributed by atoms with Crippen molar-refractivity contribution in [2.24, 2.45) is 17.4 Å². The predicted octanol–water partition coefficient (Wildman–Crippen LogP) is 2.74.